The minimum atomic E-state index is -0.451. The molecular formula is C17H22N4O3. The molecule has 1 aromatic carbocycles. The van der Waals surface area contributed by atoms with E-state index in [0.29, 0.717) is 17.7 Å². The van der Waals surface area contributed by atoms with Gasteiger partial charge in [-0.2, -0.15) is 5.10 Å². The minimum Gasteiger partial charge on any atom is -0.352 e. The van der Waals surface area contributed by atoms with E-state index in [1.807, 2.05) is 31.5 Å². The van der Waals surface area contributed by atoms with Crippen molar-refractivity contribution >= 4 is 11.6 Å². The van der Waals surface area contributed by atoms with Crippen molar-refractivity contribution in [2.75, 3.05) is 6.54 Å². The third-order valence-corrected chi connectivity index (χ3v) is 3.85. The molecule has 7 heteroatoms. The average molecular weight is 330 g/mol. The number of hydrogen-bond donors (Lipinski definition) is 1. The lowest BCUT2D eigenvalue weighted by molar-refractivity contribution is -0.385. The monoisotopic (exact) mass is 330 g/mol. The highest BCUT2D eigenvalue weighted by Crippen LogP contribution is 2.18. The maximum atomic E-state index is 12.2. The van der Waals surface area contributed by atoms with Gasteiger partial charge in [0, 0.05) is 36.0 Å². The molecule has 0 radical (unpaired) electrons. The number of nitro benzene ring substituents is 1. The molecule has 0 aliphatic rings. The first-order valence-electron chi connectivity index (χ1n) is 7.82. The Hall–Kier alpha value is -2.70. The first-order chi connectivity index (χ1) is 11.3. The number of benzene rings is 1. The highest BCUT2D eigenvalue weighted by atomic mass is 16.6. The van der Waals surface area contributed by atoms with Gasteiger partial charge in [-0.05, 0) is 44.9 Å². The van der Waals surface area contributed by atoms with Crippen LogP contribution in [0.5, 0.6) is 0 Å². The van der Waals surface area contributed by atoms with E-state index in [4.69, 9.17) is 0 Å². The Kier molecular flexibility index (Phi) is 5.33. The molecule has 0 saturated heterocycles. The minimum absolute atomic E-state index is 0.0180. The fourth-order valence-electron chi connectivity index (χ4n) is 2.59. The standard InChI is InChI=1S/C17H22N4O3/c1-11(10-20-14(4)8-13(3)19-20)9-18-17(22)15-5-6-16(21(23)24)12(2)7-15/h5-8,11H,9-10H2,1-4H3,(H,18,22). The van der Waals surface area contributed by atoms with Crippen LogP contribution >= 0.6 is 0 Å². The fraction of sp³-hybridized carbons (Fsp3) is 0.412. The van der Waals surface area contributed by atoms with Crippen LogP contribution in [0.4, 0.5) is 5.69 Å². The Morgan fingerprint density at radius 1 is 1.33 bits per heavy atom. The predicted molar refractivity (Wildman–Crippen MR) is 91.0 cm³/mol. The summed E-state index contributed by atoms with van der Waals surface area (Å²) in [5.41, 5.74) is 2.99. The summed E-state index contributed by atoms with van der Waals surface area (Å²) in [6, 6.07) is 6.40. The number of aryl methyl sites for hydroxylation is 3. The van der Waals surface area contributed by atoms with Crippen LogP contribution in [0.3, 0.4) is 0 Å². The molecular weight excluding hydrogens is 308 g/mol. The molecule has 1 N–H and O–H groups in total. The van der Waals surface area contributed by atoms with E-state index in [-0.39, 0.29) is 17.5 Å². The van der Waals surface area contributed by atoms with Gasteiger partial charge in [-0.1, -0.05) is 6.92 Å². The second-order valence-corrected chi connectivity index (χ2v) is 6.18. The first-order valence-corrected chi connectivity index (χ1v) is 7.82. The van der Waals surface area contributed by atoms with E-state index in [0.717, 1.165) is 17.9 Å². The second-order valence-electron chi connectivity index (χ2n) is 6.18. The molecule has 24 heavy (non-hydrogen) atoms. The molecule has 0 spiro atoms. The number of aromatic nitrogens is 2. The van der Waals surface area contributed by atoms with E-state index >= 15 is 0 Å². The Morgan fingerprint density at radius 3 is 2.58 bits per heavy atom. The van der Waals surface area contributed by atoms with Crippen LogP contribution in [0.25, 0.3) is 0 Å². The first kappa shape index (κ1) is 17.7. The predicted octanol–water partition coefficient (Wildman–Crippen LogP) is 2.78. The van der Waals surface area contributed by atoms with Crippen LogP contribution in [0.15, 0.2) is 24.3 Å². The van der Waals surface area contributed by atoms with E-state index in [2.05, 4.69) is 10.4 Å². The molecule has 7 nitrogen and oxygen atoms in total. The van der Waals surface area contributed by atoms with Gasteiger partial charge in [-0.25, -0.2) is 0 Å². The number of nitrogens with zero attached hydrogens (tertiary/aromatic N) is 3. The molecule has 1 amide bonds. The van der Waals surface area contributed by atoms with Crippen molar-refractivity contribution in [3.05, 3.63) is 56.9 Å². The van der Waals surface area contributed by atoms with Gasteiger partial charge in [0.15, 0.2) is 0 Å². The molecule has 0 aliphatic carbocycles. The number of amides is 1. The summed E-state index contributed by atoms with van der Waals surface area (Å²) >= 11 is 0. The molecule has 1 atom stereocenters. The lowest BCUT2D eigenvalue weighted by atomic mass is 10.1. The van der Waals surface area contributed by atoms with E-state index in [9.17, 15) is 14.9 Å². The SMILES string of the molecule is Cc1cc(C)n(CC(C)CNC(=O)c2ccc([N+](=O)[O-])c(C)c2)n1. The lowest BCUT2D eigenvalue weighted by Gasteiger charge is -2.14. The molecule has 1 heterocycles. The summed E-state index contributed by atoms with van der Waals surface area (Å²) in [7, 11) is 0. The van der Waals surface area contributed by atoms with Crippen LogP contribution in [-0.2, 0) is 6.54 Å². The van der Waals surface area contributed by atoms with Gasteiger partial charge < -0.3 is 5.32 Å². The molecule has 1 aromatic heterocycles. The Balaban J connectivity index is 1.94. The van der Waals surface area contributed by atoms with Crippen LogP contribution in [0.1, 0.15) is 34.2 Å². The van der Waals surface area contributed by atoms with Crippen LogP contribution < -0.4 is 5.32 Å². The molecule has 1 unspecified atom stereocenters. The van der Waals surface area contributed by atoms with Crippen molar-refractivity contribution < 1.29 is 9.72 Å². The molecule has 2 aromatic rings. The zero-order chi connectivity index (χ0) is 17.9. The van der Waals surface area contributed by atoms with Gasteiger partial charge in [0.05, 0.1) is 10.6 Å². The molecule has 0 aliphatic heterocycles. The lowest BCUT2D eigenvalue weighted by Crippen LogP contribution is -2.30. The number of carbonyl (C=O) groups excluding carboxylic acids is 1. The smallest absolute Gasteiger partial charge is 0.272 e. The Morgan fingerprint density at radius 2 is 2.04 bits per heavy atom. The normalized spacial score (nSPS) is 12.0. The molecule has 2 rings (SSSR count). The summed E-state index contributed by atoms with van der Waals surface area (Å²) in [5.74, 6) is -0.0145. The van der Waals surface area contributed by atoms with Crippen molar-refractivity contribution in [2.45, 2.75) is 34.2 Å². The van der Waals surface area contributed by atoms with E-state index in [1.54, 1.807) is 13.0 Å². The van der Waals surface area contributed by atoms with E-state index in [1.165, 1.54) is 12.1 Å². The number of nitrogens with one attached hydrogen (secondary N) is 1. The number of hydrogen-bond acceptors (Lipinski definition) is 4. The number of carbonyl (C=O) groups is 1. The quantitative estimate of drug-likeness (QED) is 0.651. The van der Waals surface area contributed by atoms with Crippen molar-refractivity contribution in [3.8, 4) is 0 Å². The van der Waals surface area contributed by atoms with Crippen molar-refractivity contribution in [2.24, 2.45) is 5.92 Å². The Labute approximate surface area is 140 Å². The van der Waals surface area contributed by atoms with Gasteiger partial charge in [-0.3, -0.25) is 19.6 Å². The van der Waals surface area contributed by atoms with Crippen LogP contribution in [0, 0.1) is 36.8 Å². The summed E-state index contributed by atoms with van der Waals surface area (Å²) in [5, 5.41) is 18.1. The fourth-order valence-corrected chi connectivity index (χ4v) is 2.59. The summed E-state index contributed by atoms with van der Waals surface area (Å²) in [6.45, 7) is 8.85. The molecule has 0 saturated carbocycles. The van der Waals surface area contributed by atoms with Gasteiger partial charge in [0.1, 0.15) is 0 Å². The maximum absolute atomic E-state index is 12.2. The summed E-state index contributed by atoms with van der Waals surface area (Å²) in [4.78, 5) is 22.6. The molecule has 0 bridgehead atoms. The average Bonchev–Trinajstić information content (AvgIpc) is 2.81. The topological polar surface area (TPSA) is 90.1 Å². The Bertz CT molecular complexity index is 767. The van der Waals surface area contributed by atoms with Gasteiger partial charge in [-0.15, -0.1) is 0 Å². The highest BCUT2D eigenvalue weighted by Gasteiger charge is 2.14. The summed E-state index contributed by atoms with van der Waals surface area (Å²) < 4.78 is 1.93. The van der Waals surface area contributed by atoms with Crippen LogP contribution in [-0.4, -0.2) is 27.2 Å². The van der Waals surface area contributed by atoms with Gasteiger partial charge in [0.25, 0.3) is 11.6 Å². The highest BCUT2D eigenvalue weighted by molar-refractivity contribution is 5.94. The largest absolute Gasteiger partial charge is 0.352 e. The number of nitro groups is 1. The zero-order valence-corrected chi connectivity index (χ0v) is 14.4. The third kappa shape index (κ3) is 4.18. The van der Waals surface area contributed by atoms with Crippen molar-refractivity contribution in [1.82, 2.24) is 15.1 Å². The molecule has 128 valence electrons. The summed E-state index contributed by atoms with van der Waals surface area (Å²) in [6.07, 6.45) is 0. The second kappa shape index (κ2) is 7.25. The maximum Gasteiger partial charge on any atom is 0.272 e. The number of rotatable bonds is 6. The van der Waals surface area contributed by atoms with Crippen molar-refractivity contribution in [1.29, 1.82) is 0 Å². The zero-order valence-electron chi connectivity index (χ0n) is 14.4. The van der Waals surface area contributed by atoms with Gasteiger partial charge in [0.2, 0.25) is 0 Å². The third-order valence-electron chi connectivity index (χ3n) is 3.85. The van der Waals surface area contributed by atoms with Crippen molar-refractivity contribution in [3.63, 3.8) is 0 Å². The van der Waals surface area contributed by atoms with Crippen LogP contribution in [0.2, 0.25) is 0 Å². The van der Waals surface area contributed by atoms with Gasteiger partial charge >= 0.3 is 0 Å². The van der Waals surface area contributed by atoms with E-state index < -0.39 is 4.92 Å². The molecule has 0 fully saturated rings.